The Morgan fingerprint density at radius 1 is 1.19 bits per heavy atom. The molecular formula is C20H19BrN4OS. The fraction of sp³-hybridized carbons (Fsp3) is 0.250. The minimum atomic E-state index is -0.390. The first-order valence-corrected chi connectivity index (χ1v) is 10.7. The van der Waals surface area contributed by atoms with Gasteiger partial charge in [0.2, 0.25) is 0 Å². The minimum Gasteiger partial charge on any atom is -0.298 e. The number of thioether (sulfide) groups is 1. The van der Waals surface area contributed by atoms with Crippen LogP contribution in [0.2, 0.25) is 0 Å². The van der Waals surface area contributed by atoms with Crippen LogP contribution in [0.1, 0.15) is 31.5 Å². The van der Waals surface area contributed by atoms with Crippen LogP contribution < -0.4 is 15.9 Å². The number of fused-ring (bicyclic) bond motifs is 2. The van der Waals surface area contributed by atoms with Crippen molar-refractivity contribution in [2.24, 2.45) is 10.1 Å². The molecule has 0 bridgehead atoms. The van der Waals surface area contributed by atoms with E-state index in [0.717, 1.165) is 39.2 Å². The number of para-hydroxylation sites is 1. The van der Waals surface area contributed by atoms with E-state index in [9.17, 15) is 4.79 Å². The summed E-state index contributed by atoms with van der Waals surface area (Å²) in [6.45, 7) is 2.15. The highest BCUT2D eigenvalue weighted by atomic mass is 79.9. The molecule has 0 spiro atoms. The summed E-state index contributed by atoms with van der Waals surface area (Å²) < 4.78 is 0.943. The first kappa shape index (κ1) is 18.3. The van der Waals surface area contributed by atoms with Crippen LogP contribution in [0.5, 0.6) is 0 Å². The molecule has 0 saturated carbocycles. The van der Waals surface area contributed by atoms with Crippen LogP contribution >= 0.6 is 27.7 Å². The van der Waals surface area contributed by atoms with Gasteiger partial charge in [0.05, 0.1) is 5.36 Å². The maximum atomic E-state index is 13.0. The summed E-state index contributed by atoms with van der Waals surface area (Å²) in [4.78, 5) is 17.9. The lowest BCUT2D eigenvalue weighted by atomic mass is 10.1. The molecule has 27 heavy (non-hydrogen) atoms. The van der Waals surface area contributed by atoms with Crippen LogP contribution in [0, 0.1) is 0 Å². The van der Waals surface area contributed by atoms with Crippen molar-refractivity contribution in [3.8, 4) is 0 Å². The average Bonchev–Trinajstić information content (AvgIpc) is 2.68. The van der Waals surface area contributed by atoms with Crippen molar-refractivity contribution in [1.29, 1.82) is 0 Å². The molecule has 1 atom stereocenters. The Hall–Kier alpha value is -2.12. The summed E-state index contributed by atoms with van der Waals surface area (Å²) in [5, 5.41) is 11.7. The molecule has 1 N–H and O–H groups in total. The van der Waals surface area contributed by atoms with Gasteiger partial charge in [-0.3, -0.25) is 15.1 Å². The number of amides is 1. The normalized spacial score (nSPS) is 18.2. The van der Waals surface area contributed by atoms with E-state index >= 15 is 0 Å². The molecule has 138 valence electrons. The molecular weight excluding hydrogens is 424 g/mol. The van der Waals surface area contributed by atoms with Gasteiger partial charge in [0, 0.05) is 21.0 Å². The Kier molecular flexibility index (Phi) is 5.31. The van der Waals surface area contributed by atoms with Crippen LogP contribution in [0.25, 0.3) is 5.70 Å². The molecule has 5 nitrogen and oxygen atoms in total. The summed E-state index contributed by atoms with van der Waals surface area (Å²) in [7, 11) is 0. The van der Waals surface area contributed by atoms with Gasteiger partial charge < -0.3 is 0 Å². The van der Waals surface area contributed by atoms with Gasteiger partial charge in [0.15, 0.2) is 11.3 Å². The van der Waals surface area contributed by atoms with E-state index < -0.39 is 6.17 Å². The lowest BCUT2D eigenvalue weighted by molar-refractivity contribution is -0.116. The summed E-state index contributed by atoms with van der Waals surface area (Å²) in [5.41, 5.74) is 1.52. The Balaban J connectivity index is 1.86. The monoisotopic (exact) mass is 442 g/mol. The average molecular weight is 443 g/mol. The van der Waals surface area contributed by atoms with Crippen molar-refractivity contribution < 1.29 is 4.79 Å². The van der Waals surface area contributed by atoms with Crippen LogP contribution in [-0.4, -0.2) is 21.8 Å². The number of hydrazone groups is 1. The van der Waals surface area contributed by atoms with E-state index in [1.807, 2.05) is 48.5 Å². The molecule has 2 aliphatic heterocycles. The summed E-state index contributed by atoms with van der Waals surface area (Å²) in [6.07, 6.45) is 1.80. The number of nitrogens with one attached hydrogen (secondary N) is 1. The number of rotatable bonds is 4. The number of carbonyl (C=O) groups excluding carboxylic acids is 1. The Bertz CT molecular complexity index is 1040. The third kappa shape index (κ3) is 3.53. The fourth-order valence-electron chi connectivity index (χ4n) is 3.09. The number of unbranched alkanes of at least 4 members (excludes halogenated alkanes) is 1. The van der Waals surface area contributed by atoms with E-state index in [1.165, 1.54) is 0 Å². The highest BCUT2D eigenvalue weighted by Gasteiger charge is 2.34. The molecule has 0 saturated heterocycles. The van der Waals surface area contributed by atoms with Gasteiger partial charge in [-0.15, -0.1) is 5.10 Å². The number of halogens is 1. The van der Waals surface area contributed by atoms with E-state index in [0.29, 0.717) is 10.9 Å². The fourth-order valence-corrected chi connectivity index (χ4v) is 4.52. The van der Waals surface area contributed by atoms with E-state index in [2.05, 4.69) is 28.2 Å². The number of hydrogen-bond donors (Lipinski definition) is 1. The van der Waals surface area contributed by atoms with Crippen molar-refractivity contribution in [1.82, 2.24) is 10.3 Å². The first-order valence-electron chi connectivity index (χ1n) is 8.92. The lowest BCUT2D eigenvalue weighted by Gasteiger charge is -2.34. The predicted octanol–water partition coefficient (Wildman–Crippen LogP) is 3.13. The van der Waals surface area contributed by atoms with Crippen molar-refractivity contribution >= 4 is 44.5 Å². The number of nitrogens with zero attached hydrogens (tertiary/aromatic N) is 3. The van der Waals surface area contributed by atoms with Gasteiger partial charge in [-0.25, -0.2) is 5.01 Å². The standard InChI is InChI=1S/C20H19BrN4OS/c1-2-3-12-27-20-23-19(26)17-14-9-5-7-11-16(14)22-18(25(17)24-20)13-8-4-6-10-15(13)21/h4-11,18H,2-3,12H2,1H3,(H,23,24,26)/t18-/m0/s1. The van der Waals surface area contributed by atoms with Crippen molar-refractivity contribution in [3.63, 3.8) is 0 Å². The summed E-state index contributed by atoms with van der Waals surface area (Å²) in [5.74, 6) is 0.787. The number of carbonyl (C=O) groups is 1. The molecule has 2 heterocycles. The Morgan fingerprint density at radius 2 is 1.96 bits per heavy atom. The van der Waals surface area contributed by atoms with E-state index in [1.54, 1.807) is 16.8 Å². The summed E-state index contributed by atoms with van der Waals surface area (Å²) >= 11 is 5.19. The molecule has 1 amide bonds. The number of amidine groups is 1. The zero-order valence-corrected chi connectivity index (χ0v) is 17.3. The second-order valence-electron chi connectivity index (χ2n) is 6.30. The molecule has 4 rings (SSSR count). The Labute approximate surface area is 170 Å². The third-order valence-corrected chi connectivity index (χ3v) is 6.11. The number of hydrogen-bond acceptors (Lipinski definition) is 5. The minimum absolute atomic E-state index is 0.136. The van der Waals surface area contributed by atoms with Gasteiger partial charge in [0.25, 0.3) is 5.91 Å². The van der Waals surface area contributed by atoms with Crippen LogP contribution in [0.15, 0.2) is 63.1 Å². The molecule has 2 aromatic carbocycles. The first-order chi connectivity index (χ1) is 13.2. The second-order valence-corrected chi connectivity index (χ2v) is 8.23. The molecule has 0 radical (unpaired) electrons. The van der Waals surface area contributed by atoms with Gasteiger partial charge in [0.1, 0.15) is 5.70 Å². The quantitative estimate of drug-likeness (QED) is 0.739. The van der Waals surface area contributed by atoms with Crippen LogP contribution in [0.3, 0.4) is 0 Å². The Morgan fingerprint density at radius 3 is 2.78 bits per heavy atom. The SMILES string of the molecule is CCCCSC1=NN2C(=c3ccccc3=N[C@@H]2c2ccccc2Br)C(=O)N1. The maximum Gasteiger partial charge on any atom is 0.276 e. The second kappa shape index (κ2) is 7.86. The van der Waals surface area contributed by atoms with Gasteiger partial charge in [-0.05, 0) is 18.6 Å². The van der Waals surface area contributed by atoms with Crippen LogP contribution in [-0.2, 0) is 4.79 Å². The topological polar surface area (TPSA) is 57.1 Å². The predicted molar refractivity (Wildman–Crippen MR) is 112 cm³/mol. The van der Waals surface area contributed by atoms with Gasteiger partial charge >= 0.3 is 0 Å². The van der Waals surface area contributed by atoms with Gasteiger partial charge in [-0.2, -0.15) is 0 Å². The van der Waals surface area contributed by atoms with Crippen LogP contribution in [0.4, 0.5) is 0 Å². The third-order valence-electron chi connectivity index (χ3n) is 4.44. The molecule has 7 heteroatoms. The lowest BCUT2D eigenvalue weighted by Crippen LogP contribution is -2.50. The van der Waals surface area contributed by atoms with Crippen molar-refractivity contribution in [2.75, 3.05) is 5.75 Å². The van der Waals surface area contributed by atoms with Crippen molar-refractivity contribution in [2.45, 2.75) is 25.9 Å². The highest BCUT2D eigenvalue weighted by Crippen LogP contribution is 2.34. The molecule has 0 aliphatic carbocycles. The number of benzene rings is 2. The zero-order valence-electron chi connectivity index (χ0n) is 14.9. The van der Waals surface area contributed by atoms with Crippen molar-refractivity contribution in [3.05, 3.63) is 69.1 Å². The molecule has 0 aromatic heterocycles. The molecule has 2 aromatic rings. The van der Waals surface area contributed by atoms with E-state index in [4.69, 9.17) is 10.1 Å². The molecule has 0 unspecified atom stereocenters. The maximum absolute atomic E-state index is 13.0. The van der Waals surface area contributed by atoms with Gasteiger partial charge in [-0.1, -0.05) is 77.4 Å². The smallest absolute Gasteiger partial charge is 0.276 e. The molecule has 2 aliphatic rings. The zero-order chi connectivity index (χ0) is 18.8. The molecule has 0 fully saturated rings. The largest absolute Gasteiger partial charge is 0.298 e. The summed E-state index contributed by atoms with van der Waals surface area (Å²) in [6, 6.07) is 15.6. The van der Waals surface area contributed by atoms with E-state index in [-0.39, 0.29) is 5.91 Å². The highest BCUT2D eigenvalue weighted by molar-refractivity contribution is 9.10.